The molecular formula is C35H56O7SSi. The Hall–Kier alpha value is -0.813. The summed E-state index contributed by atoms with van der Waals surface area (Å²) in [5.74, 6) is 0.0584. The number of aryl methyl sites for hydroxylation is 1. The Morgan fingerprint density at radius 3 is 2.23 bits per heavy atom. The maximum absolute atomic E-state index is 13.3. The molecule has 4 saturated carbocycles. The molecule has 1 N–H and O–H groups in total. The third-order valence-corrected chi connectivity index (χ3v) is 19.2. The normalized spacial score (nSPS) is 43.6. The molecular weight excluding hydrogens is 593 g/mol. The molecule has 0 aromatic heterocycles. The van der Waals surface area contributed by atoms with Crippen molar-refractivity contribution in [2.24, 2.45) is 28.6 Å². The summed E-state index contributed by atoms with van der Waals surface area (Å²) in [6.07, 6.45) is 4.45. The SMILES string of the molecule is Cc1ccc(S(=O)(=O)O[C@@H]2CC[C@]3(C)C4CC[C@@]5(C)C(CC[C@@H]5O[Si](C)(C)C(C)(C)C)C4[C@H]4OC(C)(C)O[C@@H]4[C@]3(O)C2)cc1. The van der Waals surface area contributed by atoms with E-state index in [-0.39, 0.29) is 45.8 Å². The largest absolute Gasteiger partial charge is 0.413 e. The molecule has 1 aromatic rings. The van der Waals surface area contributed by atoms with Crippen LogP contribution in [0.25, 0.3) is 0 Å². The Morgan fingerprint density at radius 1 is 0.932 bits per heavy atom. The second-order valence-electron chi connectivity index (χ2n) is 17.4. The molecule has 6 rings (SSSR count). The molecule has 5 fully saturated rings. The van der Waals surface area contributed by atoms with Crippen molar-refractivity contribution in [3.63, 3.8) is 0 Å². The van der Waals surface area contributed by atoms with Gasteiger partial charge in [-0.05, 0) is 113 Å². The summed E-state index contributed by atoms with van der Waals surface area (Å²) in [7, 11) is -5.93. The standard InChI is InChI=1S/C35H56O7SSi/c1-22-11-13-24(14-12-22)43(37,38)41-23-17-20-34(8)26-18-19-33(7)25(15-16-27(33)42-44(9,10)31(2,3)4)28(26)29-30(35(34,36)21-23)40-32(5,6)39-29/h11-14,23,25-30,36H,15-21H2,1-10H3/t23-,25?,26?,27+,28?,29-,30+,33+,34-,35-/m1/s1. The molecule has 0 radical (unpaired) electrons. The summed E-state index contributed by atoms with van der Waals surface area (Å²) in [6, 6.07) is 6.74. The molecule has 0 spiro atoms. The molecule has 5 aliphatic rings. The lowest BCUT2D eigenvalue weighted by molar-refractivity contribution is -0.274. The van der Waals surface area contributed by atoms with E-state index in [1.807, 2.05) is 20.8 Å². The average Bonchev–Trinajstić information content (AvgIpc) is 3.40. The summed E-state index contributed by atoms with van der Waals surface area (Å²) < 4.78 is 53.1. The van der Waals surface area contributed by atoms with Gasteiger partial charge in [0.1, 0.15) is 11.7 Å². The zero-order chi connectivity index (χ0) is 32.3. The molecule has 1 heterocycles. The van der Waals surface area contributed by atoms with Gasteiger partial charge in [0.05, 0.1) is 23.2 Å². The molecule has 1 aliphatic heterocycles. The van der Waals surface area contributed by atoms with Gasteiger partial charge >= 0.3 is 0 Å². The van der Waals surface area contributed by atoms with Gasteiger partial charge in [-0.1, -0.05) is 52.3 Å². The fourth-order valence-corrected chi connectivity index (χ4v) is 12.4. The van der Waals surface area contributed by atoms with Crippen LogP contribution in [0.4, 0.5) is 0 Å². The van der Waals surface area contributed by atoms with E-state index in [1.165, 1.54) is 0 Å². The van der Waals surface area contributed by atoms with Crippen molar-refractivity contribution in [1.82, 2.24) is 0 Å². The predicted molar refractivity (Wildman–Crippen MR) is 173 cm³/mol. The van der Waals surface area contributed by atoms with Gasteiger partial charge in [-0.2, -0.15) is 8.42 Å². The number of hydrogen-bond acceptors (Lipinski definition) is 7. The molecule has 248 valence electrons. The number of ether oxygens (including phenoxy) is 2. The predicted octanol–water partition coefficient (Wildman–Crippen LogP) is 7.36. The fraction of sp³-hybridized carbons (Fsp3) is 0.829. The third-order valence-electron chi connectivity index (χ3n) is 13.4. The van der Waals surface area contributed by atoms with Crippen molar-refractivity contribution in [2.75, 3.05) is 0 Å². The van der Waals surface area contributed by atoms with Crippen LogP contribution in [0.15, 0.2) is 29.2 Å². The van der Waals surface area contributed by atoms with E-state index >= 15 is 0 Å². The van der Waals surface area contributed by atoms with Crippen molar-refractivity contribution < 1.29 is 31.6 Å². The van der Waals surface area contributed by atoms with Crippen molar-refractivity contribution in [3.8, 4) is 0 Å². The van der Waals surface area contributed by atoms with E-state index in [9.17, 15) is 13.5 Å². The van der Waals surface area contributed by atoms with Crippen LogP contribution in [0.3, 0.4) is 0 Å². The maximum Gasteiger partial charge on any atom is 0.297 e. The molecule has 9 heteroatoms. The van der Waals surface area contributed by atoms with Gasteiger partial charge in [-0.15, -0.1) is 0 Å². The highest BCUT2D eigenvalue weighted by atomic mass is 32.2. The smallest absolute Gasteiger partial charge is 0.297 e. The third kappa shape index (κ3) is 5.01. The first kappa shape index (κ1) is 33.1. The first-order valence-corrected chi connectivity index (χ1v) is 21.2. The zero-order valence-corrected chi connectivity index (χ0v) is 30.4. The lowest BCUT2D eigenvalue weighted by atomic mass is 9.42. The Labute approximate surface area is 267 Å². The van der Waals surface area contributed by atoms with E-state index < -0.39 is 47.4 Å². The average molecular weight is 649 g/mol. The van der Waals surface area contributed by atoms with Gasteiger partial charge in [0.25, 0.3) is 10.1 Å². The minimum Gasteiger partial charge on any atom is -0.413 e. The van der Waals surface area contributed by atoms with Crippen molar-refractivity contribution >= 4 is 18.4 Å². The van der Waals surface area contributed by atoms with E-state index in [2.05, 4.69) is 47.7 Å². The Balaban J connectivity index is 1.31. The number of benzene rings is 1. The summed E-state index contributed by atoms with van der Waals surface area (Å²) >= 11 is 0. The second kappa shape index (κ2) is 10.3. The first-order chi connectivity index (χ1) is 20.1. The minimum atomic E-state index is -3.97. The van der Waals surface area contributed by atoms with Gasteiger partial charge < -0.3 is 19.0 Å². The van der Waals surface area contributed by atoms with Crippen LogP contribution in [-0.2, 0) is 28.2 Å². The zero-order valence-electron chi connectivity index (χ0n) is 28.6. The van der Waals surface area contributed by atoms with E-state index in [4.69, 9.17) is 18.1 Å². The Bertz CT molecular complexity index is 1370. The van der Waals surface area contributed by atoms with Gasteiger partial charge in [0.2, 0.25) is 0 Å². The molecule has 44 heavy (non-hydrogen) atoms. The van der Waals surface area contributed by atoms with Crippen molar-refractivity contribution in [3.05, 3.63) is 29.8 Å². The van der Waals surface area contributed by atoms with Gasteiger partial charge in [-0.25, -0.2) is 0 Å². The monoisotopic (exact) mass is 648 g/mol. The first-order valence-electron chi connectivity index (χ1n) is 16.9. The van der Waals surface area contributed by atoms with Crippen LogP contribution in [-0.4, -0.2) is 57.6 Å². The van der Waals surface area contributed by atoms with E-state index in [0.29, 0.717) is 18.8 Å². The van der Waals surface area contributed by atoms with E-state index in [1.54, 1.807) is 24.3 Å². The highest BCUT2D eigenvalue weighted by Gasteiger charge is 2.74. The summed E-state index contributed by atoms with van der Waals surface area (Å²) in [6.45, 7) is 22.2. The van der Waals surface area contributed by atoms with Crippen LogP contribution < -0.4 is 0 Å². The topological polar surface area (TPSA) is 91.3 Å². The number of fused-ring (bicyclic) bond motifs is 8. The number of rotatable bonds is 5. The molecule has 0 bridgehead atoms. The molecule has 3 unspecified atom stereocenters. The van der Waals surface area contributed by atoms with Crippen LogP contribution >= 0.6 is 0 Å². The molecule has 7 nitrogen and oxygen atoms in total. The highest BCUT2D eigenvalue weighted by molar-refractivity contribution is 7.86. The molecule has 0 amide bonds. The van der Waals surface area contributed by atoms with Crippen LogP contribution in [0.1, 0.15) is 99.0 Å². The molecule has 10 atom stereocenters. The quantitative estimate of drug-likeness (QED) is 0.264. The van der Waals surface area contributed by atoms with Crippen LogP contribution in [0, 0.1) is 35.5 Å². The van der Waals surface area contributed by atoms with Gasteiger partial charge in [0.15, 0.2) is 14.1 Å². The maximum atomic E-state index is 13.3. The fourth-order valence-electron chi connectivity index (χ4n) is 9.84. The lowest BCUT2D eigenvalue weighted by Crippen LogP contribution is -2.72. The number of aliphatic hydroxyl groups is 1. The van der Waals surface area contributed by atoms with Gasteiger partial charge in [-0.3, -0.25) is 4.18 Å². The Morgan fingerprint density at radius 2 is 1.59 bits per heavy atom. The summed E-state index contributed by atoms with van der Waals surface area (Å²) in [5.41, 5.74) is -0.692. The minimum absolute atomic E-state index is 0.0472. The molecule has 1 saturated heterocycles. The molecule has 1 aromatic carbocycles. The van der Waals surface area contributed by atoms with Gasteiger partial charge in [0, 0.05) is 11.8 Å². The Kier molecular flexibility index (Phi) is 7.78. The van der Waals surface area contributed by atoms with E-state index in [0.717, 1.165) is 31.2 Å². The second-order valence-corrected chi connectivity index (χ2v) is 23.7. The van der Waals surface area contributed by atoms with Crippen molar-refractivity contribution in [1.29, 1.82) is 0 Å². The van der Waals surface area contributed by atoms with Crippen LogP contribution in [0.5, 0.6) is 0 Å². The lowest BCUT2D eigenvalue weighted by Gasteiger charge is -2.66. The number of hydrogen-bond donors (Lipinski definition) is 1. The highest BCUT2D eigenvalue weighted by Crippen LogP contribution is 2.70. The van der Waals surface area contributed by atoms with Crippen molar-refractivity contribution in [2.45, 2.75) is 159 Å². The summed E-state index contributed by atoms with van der Waals surface area (Å²) in [5, 5.41) is 13.0. The van der Waals surface area contributed by atoms with Crippen LogP contribution in [0.2, 0.25) is 18.1 Å². The summed E-state index contributed by atoms with van der Waals surface area (Å²) in [4.78, 5) is 0.147. The molecule has 4 aliphatic carbocycles.